The van der Waals surface area contributed by atoms with Crippen molar-refractivity contribution in [3.8, 4) is 0 Å². The Hall–Kier alpha value is -1.92. The molecule has 0 bridgehead atoms. The maximum Gasteiger partial charge on any atom is 0.238 e. The number of hydrogen-bond donors (Lipinski definition) is 2. The molecule has 0 spiro atoms. The van der Waals surface area contributed by atoms with Crippen LogP contribution in [0.1, 0.15) is 18.9 Å². The zero-order valence-electron chi connectivity index (χ0n) is 14.2. The molecule has 0 fully saturated rings. The van der Waals surface area contributed by atoms with E-state index in [9.17, 15) is 9.59 Å². The molecule has 23 heavy (non-hydrogen) atoms. The minimum atomic E-state index is -0.132. The van der Waals surface area contributed by atoms with Crippen LogP contribution in [0.15, 0.2) is 24.3 Å². The molecule has 0 aliphatic heterocycles. The Bertz CT molecular complexity index is 506. The molecule has 128 valence electrons. The zero-order chi connectivity index (χ0) is 17.1. The molecular formula is C17H27N3O3. The standard InChI is InChI=1S/C17H27N3O3/c1-4-14-7-5-8-15(11-14)19-17(22)13-20(2)12-16(21)18-9-6-10-23-3/h5,7-8,11H,4,6,9-10,12-13H2,1-3H3,(H,18,21)(H,19,22). The summed E-state index contributed by atoms with van der Waals surface area (Å²) >= 11 is 0. The highest BCUT2D eigenvalue weighted by Crippen LogP contribution is 2.10. The Morgan fingerprint density at radius 2 is 1.96 bits per heavy atom. The number of nitrogens with one attached hydrogen (secondary N) is 2. The minimum Gasteiger partial charge on any atom is -0.385 e. The summed E-state index contributed by atoms with van der Waals surface area (Å²) in [5, 5.41) is 5.65. The third-order valence-corrected chi connectivity index (χ3v) is 3.29. The number of methoxy groups -OCH3 is 1. The van der Waals surface area contributed by atoms with E-state index in [0.29, 0.717) is 13.2 Å². The van der Waals surface area contributed by atoms with Crippen LogP contribution in [0.25, 0.3) is 0 Å². The first kappa shape index (κ1) is 19.1. The second-order valence-corrected chi connectivity index (χ2v) is 5.47. The summed E-state index contributed by atoms with van der Waals surface area (Å²) in [6.07, 6.45) is 1.70. The van der Waals surface area contributed by atoms with E-state index in [1.807, 2.05) is 24.3 Å². The maximum absolute atomic E-state index is 12.0. The van der Waals surface area contributed by atoms with Crippen molar-refractivity contribution < 1.29 is 14.3 Å². The predicted molar refractivity (Wildman–Crippen MR) is 91.4 cm³/mol. The van der Waals surface area contributed by atoms with E-state index in [1.54, 1.807) is 19.1 Å². The highest BCUT2D eigenvalue weighted by atomic mass is 16.5. The Morgan fingerprint density at radius 3 is 2.65 bits per heavy atom. The third-order valence-electron chi connectivity index (χ3n) is 3.29. The van der Waals surface area contributed by atoms with Gasteiger partial charge in [-0.2, -0.15) is 0 Å². The highest BCUT2D eigenvalue weighted by molar-refractivity contribution is 5.92. The summed E-state index contributed by atoms with van der Waals surface area (Å²) in [6, 6.07) is 7.77. The highest BCUT2D eigenvalue weighted by Gasteiger charge is 2.10. The van der Waals surface area contributed by atoms with E-state index in [0.717, 1.165) is 18.5 Å². The number of amides is 2. The zero-order valence-corrected chi connectivity index (χ0v) is 14.2. The van der Waals surface area contributed by atoms with Crippen molar-refractivity contribution >= 4 is 17.5 Å². The van der Waals surface area contributed by atoms with E-state index in [4.69, 9.17) is 4.74 Å². The van der Waals surface area contributed by atoms with Gasteiger partial charge in [-0.25, -0.2) is 0 Å². The van der Waals surface area contributed by atoms with Gasteiger partial charge in [0.1, 0.15) is 0 Å². The van der Waals surface area contributed by atoms with Gasteiger partial charge in [-0.1, -0.05) is 19.1 Å². The van der Waals surface area contributed by atoms with Crippen LogP contribution >= 0.6 is 0 Å². The van der Waals surface area contributed by atoms with E-state index >= 15 is 0 Å². The van der Waals surface area contributed by atoms with Crippen molar-refractivity contribution in [2.24, 2.45) is 0 Å². The fourth-order valence-electron chi connectivity index (χ4n) is 2.12. The van der Waals surface area contributed by atoms with Crippen molar-refractivity contribution in [1.82, 2.24) is 10.2 Å². The Morgan fingerprint density at radius 1 is 1.22 bits per heavy atom. The number of benzene rings is 1. The topological polar surface area (TPSA) is 70.7 Å². The molecular weight excluding hydrogens is 294 g/mol. The molecule has 1 aromatic carbocycles. The average molecular weight is 321 g/mol. The van der Waals surface area contributed by atoms with Crippen LogP contribution in [0.3, 0.4) is 0 Å². The van der Waals surface area contributed by atoms with Crippen LogP contribution in [0.2, 0.25) is 0 Å². The monoisotopic (exact) mass is 321 g/mol. The number of carbonyl (C=O) groups is 2. The largest absolute Gasteiger partial charge is 0.385 e. The summed E-state index contributed by atoms with van der Waals surface area (Å²) in [6.45, 7) is 3.63. The lowest BCUT2D eigenvalue weighted by atomic mass is 10.1. The molecule has 0 aliphatic rings. The molecule has 0 saturated heterocycles. The molecule has 0 saturated carbocycles. The first-order chi connectivity index (χ1) is 11.0. The number of carbonyl (C=O) groups excluding carboxylic acids is 2. The molecule has 6 nitrogen and oxygen atoms in total. The van der Waals surface area contributed by atoms with Gasteiger partial charge in [0, 0.05) is 25.9 Å². The van der Waals surface area contributed by atoms with Gasteiger partial charge >= 0.3 is 0 Å². The normalized spacial score (nSPS) is 10.6. The molecule has 0 unspecified atom stereocenters. The van der Waals surface area contributed by atoms with Crippen molar-refractivity contribution in [2.45, 2.75) is 19.8 Å². The molecule has 2 N–H and O–H groups in total. The number of rotatable bonds is 10. The number of nitrogens with zero attached hydrogens (tertiary/aromatic N) is 1. The van der Waals surface area contributed by atoms with E-state index in [2.05, 4.69) is 17.6 Å². The average Bonchev–Trinajstić information content (AvgIpc) is 2.51. The number of likely N-dealkylation sites (N-methyl/N-ethyl adjacent to an activating group) is 1. The Kier molecular flexibility index (Phi) is 8.94. The van der Waals surface area contributed by atoms with Crippen LogP contribution in [-0.2, 0) is 20.7 Å². The fourth-order valence-corrected chi connectivity index (χ4v) is 2.12. The van der Waals surface area contributed by atoms with Gasteiger partial charge < -0.3 is 15.4 Å². The number of ether oxygens (including phenoxy) is 1. The first-order valence-corrected chi connectivity index (χ1v) is 7.88. The molecule has 0 radical (unpaired) electrons. The first-order valence-electron chi connectivity index (χ1n) is 7.88. The molecule has 0 heterocycles. The van der Waals surface area contributed by atoms with Crippen LogP contribution in [0.4, 0.5) is 5.69 Å². The Labute approximate surface area is 138 Å². The molecule has 1 aromatic rings. The van der Waals surface area contributed by atoms with Crippen LogP contribution in [-0.4, -0.2) is 57.1 Å². The van der Waals surface area contributed by atoms with Gasteiger partial charge in [0.05, 0.1) is 13.1 Å². The van der Waals surface area contributed by atoms with Crippen molar-refractivity contribution in [3.05, 3.63) is 29.8 Å². The van der Waals surface area contributed by atoms with Gasteiger partial charge in [-0.3, -0.25) is 14.5 Å². The lowest BCUT2D eigenvalue weighted by Gasteiger charge is -2.16. The van der Waals surface area contributed by atoms with Crippen LogP contribution in [0.5, 0.6) is 0 Å². The van der Waals surface area contributed by atoms with E-state index in [1.165, 1.54) is 5.56 Å². The second-order valence-electron chi connectivity index (χ2n) is 5.47. The van der Waals surface area contributed by atoms with Gasteiger partial charge in [0.15, 0.2) is 0 Å². The SMILES string of the molecule is CCc1cccc(NC(=O)CN(C)CC(=O)NCCCOC)c1. The summed E-state index contributed by atoms with van der Waals surface area (Å²) in [5.41, 5.74) is 1.96. The molecule has 1 rings (SSSR count). The molecule has 6 heteroatoms. The van der Waals surface area contributed by atoms with Crippen LogP contribution in [0, 0.1) is 0 Å². The molecule has 2 amide bonds. The summed E-state index contributed by atoms with van der Waals surface area (Å²) < 4.78 is 4.92. The van der Waals surface area contributed by atoms with Crippen molar-refractivity contribution in [3.63, 3.8) is 0 Å². The number of anilines is 1. The quantitative estimate of drug-likeness (QED) is 0.637. The van der Waals surface area contributed by atoms with Crippen LogP contribution < -0.4 is 10.6 Å². The third kappa shape index (κ3) is 8.32. The Balaban J connectivity index is 2.31. The smallest absolute Gasteiger partial charge is 0.238 e. The van der Waals surface area contributed by atoms with Crippen molar-refractivity contribution in [2.75, 3.05) is 45.7 Å². The summed E-state index contributed by atoms with van der Waals surface area (Å²) in [5.74, 6) is -0.225. The second kappa shape index (κ2) is 10.7. The minimum absolute atomic E-state index is 0.0932. The predicted octanol–water partition coefficient (Wildman–Crippen LogP) is 1.27. The molecule has 0 aliphatic carbocycles. The fraction of sp³-hybridized carbons (Fsp3) is 0.529. The lowest BCUT2D eigenvalue weighted by Crippen LogP contribution is -2.39. The van der Waals surface area contributed by atoms with Gasteiger partial charge in [-0.15, -0.1) is 0 Å². The van der Waals surface area contributed by atoms with Gasteiger partial charge in [0.2, 0.25) is 11.8 Å². The summed E-state index contributed by atoms with van der Waals surface area (Å²) in [4.78, 5) is 25.4. The van der Waals surface area contributed by atoms with E-state index in [-0.39, 0.29) is 24.9 Å². The van der Waals surface area contributed by atoms with Crippen molar-refractivity contribution in [1.29, 1.82) is 0 Å². The number of hydrogen-bond acceptors (Lipinski definition) is 4. The molecule has 0 aromatic heterocycles. The molecule has 0 atom stereocenters. The van der Waals surface area contributed by atoms with Gasteiger partial charge in [0.25, 0.3) is 0 Å². The van der Waals surface area contributed by atoms with Gasteiger partial charge in [-0.05, 0) is 37.6 Å². The summed E-state index contributed by atoms with van der Waals surface area (Å²) in [7, 11) is 3.38. The lowest BCUT2D eigenvalue weighted by molar-refractivity contribution is -0.123. The number of aryl methyl sites for hydroxylation is 1. The van der Waals surface area contributed by atoms with E-state index < -0.39 is 0 Å². The maximum atomic E-state index is 12.0.